The second-order valence-electron chi connectivity index (χ2n) is 2.84. The molecule has 0 radical (unpaired) electrons. The Morgan fingerprint density at radius 3 is 2.73 bits per heavy atom. The lowest BCUT2D eigenvalue weighted by atomic mass is 10.2. The van der Waals surface area contributed by atoms with Crippen LogP contribution in [0, 0.1) is 0 Å². The number of hydrazone groups is 1. The van der Waals surface area contributed by atoms with Crippen LogP contribution in [0.4, 0.5) is 0 Å². The van der Waals surface area contributed by atoms with E-state index in [0.717, 1.165) is 0 Å². The second-order valence-corrected chi connectivity index (χ2v) is 2.84. The van der Waals surface area contributed by atoms with Gasteiger partial charge in [0.25, 0.3) is 5.91 Å². The van der Waals surface area contributed by atoms with E-state index in [-0.39, 0.29) is 18.3 Å². The highest BCUT2D eigenvalue weighted by Gasteiger charge is 2.02. The molecule has 1 amide bonds. The fraction of sp³-hybridized carbons (Fsp3) is 0.200. The number of amidine groups is 1. The molecule has 0 saturated heterocycles. The van der Waals surface area contributed by atoms with Crippen molar-refractivity contribution in [3.8, 4) is 0 Å². The fourth-order valence-electron chi connectivity index (χ4n) is 0.957. The van der Waals surface area contributed by atoms with Crippen LogP contribution in [-0.4, -0.2) is 25.5 Å². The van der Waals surface area contributed by atoms with E-state index in [4.69, 9.17) is 10.5 Å². The first-order valence-electron chi connectivity index (χ1n) is 4.40. The van der Waals surface area contributed by atoms with Crippen LogP contribution in [0.1, 0.15) is 10.4 Å². The molecular weight excluding hydrogens is 194 g/mol. The lowest BCUT2D eigenvalue weighted by molar-refractivity contribution is 0.0954. The van der Waals surface area contributed by atoms with E-state index in [0.29, 0.717) is 5.56 Å². The summed E-state index contributed by atoms with van der Waals surface area (Å²) in [6.07, 6.45) is 0. The van der Waals surface area contributed by atoms with Crippen molar-refractivity contribution in [2.75, 3.05) is 13.7 Å². The Bertz CT molecular complexity index is 349. The zero-order chi connectivity index (χ0) is 11.1. The van der Waals surface area contributed by atoms with Crippen LogP contribution in [0.15, 0.2) is 35.4 Å². The minimum absolute atomic E-state index is 0.190. The molecule has 0 atom stereocenters. The maximum Gasteiger partial charge on any atom is 0.271 e. The predicted octanol–water partition coefficient (Wildman–Crippen LogP) is 0.335. The molecule has 0 aliphatic heterocycles. The fourth-order valence-corrected chi connectivity index (χ4v) is 0.957. The standard InChI is InChI=1S/C10H13N3O2/c1-15-7-9(11)12-13-10(14)8-5-3-2-4-6-8/h2-6H,7H2,1H3,(H2,11,12)(H,13,14). The van der Waals surface area contributed by atoms with Gasteiger partial charge in [-0.05, 0) is 12.1 Å². The van der Waals surface area contributed by atoms with Crippen LogP contribution >= 0.6 is 0 Å². The zero-order valence-corrected chi connectivity index (χ0v) is 8.43. The number of hydrogen-bond donors (Lipinski definition) is 2. The lowest BCUT2D eigenvalue weighted by Gasteiger charge is -2.01. The summed E-state index contributed by atoms with van der Waals surface area (Å²) in [5, 5.41) is 3.66. The molecule has 5 nitrogen and oxygen atoms in total. The summed E-state index contributed by atoms with van der Waals surface area (Å²) in [5.74, 6) is -0.0727. The highest BCUT2D eigenvalue weighted by Crippen LogP contribution is 1.97. The molecule has 0 heterocycles. The number of nitrogens with one attached hydrogen (secondary N) is 1. The number of hydrogen-bond acceptors (Lipinski definition) is 3. The van der Waals surface area contributed by atoms with Gasteiger partial charge in [-0.1, -0.05) is 18.2 Å². The number of carbonyl (C=O) groups excluding carboxylic acids is 1. The first-order chi connectivity index (χ1) is 7.24. The molecule has 0 aromatic heterocycles. The number of nitrogens with two attached hydrogens (primary N) is 1. The molecular formula is C10H13N3O2. The quantitative estimate of drug-likeness (QED) is 0.424. The highest BCUT2D eigenvalue weighted by molar-refractivity contribution is 5.95. The Morgan fingerprint density at radius 2 is 2.13 bits per heavy atom. The number of rotatable bonds is 4. The lowest BCUT2D eigenvalue weighted by Crippen LogP contribution is -2.25. The van der Waals surface area contributed by atoms with Gasteiger partial charge in [-0.15, -0.1) is 0 Å². The first-order valence-corrected chi connectivity index (χ1v) is 4.40. The van der Waals surface area contributed by atoms with Gasteiger partial charge in [0.1, 0.15) is 12.4 Å². The van der Waals surface area contributed by atoms with Crippen LogP contribution in [0.25, 0.3) is 0 Å². The zero-order valence-electron chi connectivity index (χ0n) is 8.43. The Kier molecular flexibility index (Phi) is 4.30. The third-order valence-corrected chi connectivity index (χ3v) is 1.63. The van der Waals surface area contributed by atoms with Crippen LogP contribution < -0.4 is 11.2 Å². The van der Waals surface area contributed by atoms with E-state index in [2.05, 4.69) is 10.5 Å². The smallest absolute Gasteiger partial charge is 0.271 e. The van der Waals surface area contributed by atoms with E-state index in [1.807, 2.05) is 6.07 Å². The Hall–Kier alpha value is -1.88. The van der Waals surface area contributed by atoms with Gasteiger partial charge in [0.2, 0.25) is 0 Å². The van der Waals surface area contributed by atoms with Crippen molar-refractivity contribution < 1.29 is 9.53 Å². The van der Waals surface area contributed by atoms with Gasteiger partial charge >= 0.3 is 0 Å². The summed E-state index contributed by atoms with van der Waals surface area (Å²) in [6.45, 7) is 0.190. The van der Waals surface area contributed by atoms with Crippen molar-refractivity contribution in [1.82, 2.24) is 5.43 Å². The van der Waals surface area contributed by atoms with E-state index >= 15 is 0 Å². The molecule has 0 spiro atoms. The first kappa shape index (κ1) is 11.2. The van der Waals surface area contributed by atoms with Crippen molar-refractivity contribution in [1.29, 1.82) is 0 Å². The van der Waals surface area contributed by atoms with Crippen molar-refractivity contribution in [2.24, 2.45) is 10.8 Å². The van der Waals surface area contributed by atoms with Crippen molar-refractivity contribution in [2.45, 2.75) is 0 Å². The van der Waals surface area contributed by atoms with E-state index in [1.54, 1.807) is 24.3 Å². The largest absolute Gasteiger partial charge is 0.384 e. The molecule has 15 heavy (non-hydrogen) atoms. The van der Waals surface area contributed by atoms with Crippen molar-refractivity contribution in [3.63, 3.8) is 0 Å². The predicted molar refractivity (Wildman–Crippen MR) is 57.4 cm³/mol. The minimum atomic E-state index is -0.297. The van der Waals surface area contributed by atoms with Crippen LogP contribution in [-0.2, 0) is 4.74 Å². The van der Waals surface area contributed by atoms with E-state index in [1.165, 1.54) is 7.11 Å². The minimum Gasteiger partial charge on any atom is -0.384 e. The average Bonchev–Trinajstić information content (AvgIpc) is 2.27. The molecule has 0 aliphatic rings. The van der Waals surface area contributed by atoms with Gasteiger partial charge in [-0.25, -0.2) is 5.43 Å². The summed E-state index contributed by atoms with van der Waals surface area (Å²) < 4.78 is 4.73. The Morgan fingerprint density at radius 1 is 1.47 bits per heavy atom. The SMILES string of the molecule is COC/C(N)=N\NC(=O)c1ccccc1. The van der Waals surface area contributed by atoms with E-state index < -0.39 is 0 Å². The number of nitrogens with zero attached hydrogens (tertiary/aromatic N) is 1. The van der Waals surface area contributed by atoms with E-state index in [9.17, 15) is 4.79 Å². The number of carbonyl (C=O) groups is 1. The molecule has 1 aromatic rings. The van der Waals surface area contributed by atoms with Crippen LogP contribution in [0.3, 0.4) is 0 Å². The van der Waals surface area contributed by atoms with Gasteiger partial charge in [0.05, 0.1) is 0 Å². The molecule has 0 bridgehead atoms. The van der Waals surface area contributed by atoms with Gasteiger partial charge in [-0.3, -0.25) is 4.79 Å². The van der Waals surface area contributed by atoms with Gasteiger partial charge in [0.15, 0.2) is 0 Å². The molecule has 1 rings (SSSR count). The maximum atomic E-state index is 11.4. The number of methoxy groups -OCH3 is 1. The number of amides is 1. The van der Waals surface area contributed by atoms with Crippen molar-refractivity contribution >= 4 is 11.7 Å². The van der Waals surface area contributed by atoms with Gasteiger partial charge < -0.3 is 10.5 Å². The third kappa shape index (κ3) is 3.78. The molecule has 3 N–H and O–H groups in total. The summed E-state index contributed by atoms with van der Waals surface area (Å²) >= 11 is 0. The number of ether oxygens (including phenoxy) is 1. The molecule has 0 saturated carbocycles. The number of benzene rings is 1. The van der Waals surface area contributed by atoms with Crippen LogP contribution in [0.2, 0.25) is 0 Å². The molecule has 0 fully saturated rings. The molecule has 5 heteroatoms. The second kappa shape index (κ2) is 5.77. The normalized spacial score (nSPS) is 11.1. The Labute approximate surface area is 87.9 Å². The van der Waals surface area contributed by atoms with Crippen LogP contribution in [0.5, 0.6) is 0 Å². The molecule has 80 valence electrons. The summed E-state index contributed by atoms with van der Waals surface area (Å²) in [4.78, 5) is 11.4. The van der Waals surface area contributed by atoms with Gasteiger partial charge in [0, 0.05) is 12.7 Å². The summed E-state index contributed by atoms with van der Waals surface area (Å²) in [5.41, 5.74) is 8.28. The summed E-state index contributed by atoms with van der Waals surface area (Å²) in [6, 6.07) is 8.77. The topological polar surface area (TPSA) is 76.7 Å². The summed E-state index contributed by atoms with van der Waals surface area (Å²) in [7, 11) is 1.50. The Balaban J connectivity index is 2.54. The van der Waals surface area contributed by atoms with Crippen molar-refractivity contribution in [3.05, 3.63) is 35.9 Å². The van der Waals surface area contributed by atoms with Gasteiger partial charge in [-0.2, -0.15) is 5.10 Å². The average molecular weight is 207 g/mol. The molecule has 0 aliphatic carbocycles. The molecule has 1 aromatic carbocycles. The highest BCUT2D eigenvalue weighted by atomic mass is 16.5. The monoisotopic (exact) mass is 207 g/mol. The third-order valence-electron chi connectivity index (χ3n) is 1.63. The maximum absolute atomic E-state index is 11.4. The molecule has 0 unspecified atom stereocenters.